The van der Waals surface area contributed by atoms with Crippen molar-refractivity contribution >= 4 is 23.8 Å². The molecular formula is C30H54N2O6. The molecule has 0 aromatic heterocycles. The van der Waals surface area contributed by atoms with Crippen molar-refractivity contribution in [1.29, 1.82) is 0 Å². The number of aliphatic carboxylic acids is 2. The lowest BCUT2D eigenvalue weighted by atomic mass is 9.90. The maximum Gasteiger partial charge on any atom is 0.303 e. The van der Waals surface area contributed by atoms with E-state index in [4.69, 9.17) is 10.2 Å². The minimum atomic E-state index is -0.715. The van der Waals surface area contributed by atoms with E-state index in [2.05, 4.69) is 10.6 Å². The van der Waals surface area contributed by atoms with Crippen LogP contribution in [0.15, 0.2) is 0 Å². The van der Waals surface area contributed by atoms with Gasteiger partial charge in [0.15, 0.2) is 0 Å². The Morgan fingerprint density at radius 2 is 0.711 bits per heavy atom. The third-order valence-electron chi connectivity index (χ3n) is 7.55. The molecule has 0 saturated heterocycles. The molecule has 0 heterocycles. The van der Waals surface area contributed by atoms with Crippen LogP contribution in [0.4, 0.5) is 0 Å². The maximum atomic E-state index is 12.5. The second-order valence-electron chi connectivity index (χ2n) is 11.1. The Kier molecular flexibility index (Phi) is 20.4. The van der Waals surface area contributed by atoms with Crippen LogP contribution in [0, 0.1) is 0 Å². The van der Waals surface area contributed by atoms with Crippen LogP contribution in [0.2, 0.25) is 0 Å². The summed E-state index contributed by atoms with van der Waals surface area (Å²) in [6, 6.07) is 0.0688. The molecule has 4 N–H and O–H groups in total. The minimum Gasteiger partial charge on any atom is -0.481 e. The molecule has 1 aliphatic rings. The van der Waals surface area contributed by atoms with Crippen molar-refractivity contribution in [2.75, 3.05) is 0 Å². The minimum absolute atomic E-state index is 0.0344. The Labute approximate surface area is 230 Å². The SMILES string of the molecule is O=C(O)CCCCCCCCCCC(=O)N[C@@H]1CCCC[C@H]1NC(=O)CCCCCCCCCCC(=O)O. The molecule has 2 atom stereocenters. The second kappa shape index (κ2) is 22.8. The van der Waals surface area contributed by atoms with Gasteiger partial charge in [-0.3, -0.25) is 19.2 Å². The molecule has 0 spiro atoms. The highest BCUT2D eigenvalue weighted by Gasteiger charge is 2.27. The van der Waals surface area contributed by atoms with Crippen LogP contribution in [0.1, 0.15) is 154 Å². The summed E-state index contributed by atoms with van der Waals surface area (Å²) >= 11 is 0. The molecule has 0 aromatic carbocycles. The fraction of sp³-hybridized carbons (Fsp3) is 0.867. The maximum absolute atomic E-state index is 12.5. The summed E-state index contributed by atoms with van der Waals surface area (Å²) in [6.45, 7) is 0. The highest BCUT2D eigenvalue weighted by atomic mass is 16.4. The number of nitrogens with one attached hydrogen (secondary N) is 2. The molecule has 0 aliphatic heterocycles. The molecule has 2 amide bonds. The first kappa shape index (κ1) is 33.9. The highest BCUT2D eigenvalue weighted by molar-refractivity contribution is 5.77. The smallest absolute Gasteiger partial charge is 0.303 e. The number of hydrogen-bond acceptors (Lipinski definition) is 4. The van der Waals surface area contributed by atoms with Crippen LogP contribution in [0.3, 0.4) is 0 Å². The Morgan fingerprint density at radius 3 is 1.00 bits per heavy atom. The van der Waals surface area contributed by atoms with E-state index < -0.39 is 11.9 Å². The van der Waals surface area contributed by atoms with Crippen molar-refractivity contribution < 1.29 is 29.4 Å². The molecule has 1 rings (SSSR count). The predicted octanol–water partition coefficient (Wildman–Crippen LogP) is 6.50. The zero-order valence-corrected chi connectivity index (χ0v) is 23.7. The lowest BCUT2D eigenvalue weighted by Crippen LogP contribution is -2.53. The van der Waals surface area contributed by atoms with Gasteiger partial charge in [-0.05, 0) is 38.5 Å². The summed E-state index contributed by atoms with van der Waals surface area (Å²) < 4.78 is 0. The van der Waals surface area contributed by atoms with Crippen molar-refractivity contribution in [2.24, 2.45) is 0 Å². The van der Waals surface area contributed by atoms with Crippen LogP contribution in [0.25, 0.3) is 0 Å². The van der Waals surface area contributed by atoms with Gasteiger partial charge in [0.25, 0.3) is 0 Å². The van der Waals surface area contributed by atoms with E-state index in [1.807, 2.05) is 0 Å². The highest BCUT2D eigenvalue weighted by Crippen LogP contribution is 2.20. The van der Waals surface area contributed by atoms with Crippen molar-refractivity contribution in [3.05, 3.63) is 0 Å². The molecular weight excluding hydrogens is 484 g/mol. The fourth-order valence-electron chi connectivity index (χ4n) is 5.28. The van der Waals surface area contributed by atoms with E-state index in [1.54, 1.807) is 0 Å². The molecule has 38 heavy (non-hydrogen) atoms. The average molecular weight is 539 g/mol. The molecule has 1 aliphatic carbocycles. The summed E-state index contributed by atoms with van der Waals surface area (Å²) in [5, 5.41) is 23.7. The average Bonchev–Trinajstić information content (AvgIpc) is 2.87. The van der Waals surface area contributed by atoms with Gasteiger partial charge in [-0.2, -0.15) is 0 Å². The molecule has 220 valence electrons. The third-order valence-corrected chi connectivity index (χ3v) is 7.55. The number of carbonyl (C=O) groups excluding carboxylic acids is 2. The van der Waals surface area contributed by atoms with Crippen LogP contribution >= 0.6 is 0 Å². The fourth-order valence-corrected chi connectivity index (χ4v) is 5.28. The lowest BCUT2D eigenvalue weighted by molar-refractivity contribution is -0.138. The van der Waals surface area contributed by atoms with Crippen molar-refractivity contribution in [1.82, 2.24) is 10.6 Å². The molecule has 0 unspecified atom stereocenters. The van der Waals surface area contributed by atoms with E-state index in [0.29, 0.717) is 12.8 Å². The summed E-state index contributed by atoms with van der Waals surface area (Å²) in [5.74, 6) is -1.25. The number of hydrogen-bond donors (Lipinski definition) is 4. The molecule has 1 saturated carbocycles. The lowest BCUT2D eigenvalue weighted by Gasteiger charge is -2.33. The van der Waals surface area contributed by atoms with E-state index in [-0.39, 0.29) is 36.7 Å². The summed E-state index contributed by atoms with van der Waals surface area (Å²) in [7, 11) is 0. The summed E-state index contributed by atoms with van der Waals surface area (Å²) in [4.78, 5) is 46.0. The zero-order chi connectivity index (χ0) is 27.8. The van der Waals surface area contributed by atoms with E-state index in [1.165, 1.54) is 0 Å². The van der Waals surface area contributed by atoms with Gasteiger partial charge in [0.05, 0.1) is 0 Å². The molecule has 1 fully saturated rings. The molecule has 0 radical (unpaired) electrons. The first-order valence-electron chi connectivity index (χ1n) is 15.4. The topological polar surface area (TPSA) is 133 Å². The Hall–Kier alpha value is -2.12. The number of carboxylic acids is 2. The van der Waals surface area contributed by atoms with E-state index >= 15 is 0 Å². The standard InChI is InChI=1S/C30H54N2O6/c33-27(21-13-9-5-1-3-7-11-15-23-29(35)36)31-25-19-17-18-20-26(25)32-28(34)22-14-10-6-2-4-8-12-16-24-30(37)38/h25-26H,1-24H2,(H,31,33)(H,32,34)(H,35,36)(H,37,38)/t25-,26-/m1/s1. The monoisotopic (exact) mass is 538 g/mol. The van der Waals surface area contributed by atoms with Crippen LogP contribution in [0.5, 0.6) is 0 Å². The molecule has 8 heteroatoms. The largest absolute Gasteiger partial charge is 0.481 e. The normalized spacial score (nSPS) is 17.2. The van der Waals surface area contributed by atoms with Crippen molar-refractivity contribution in [3.63, 3.8) is 0 Å². The van der Waals surface area contributed by atoms with E-state index in [9.17, 15) is 19.2 Å². The van der Waals surface area contributed by atoms with Crippen molar-refractivity contribution in [2.45, 2.75) is 166 Å². The van der Waals surface area contributed by atoms with Gasteiger partial charge in [0, 0.05) is 37.8 Å². The predicted molar refractivity (Wildman–Crippen MR) is 150 cm³/mol. The van der Waals surface area contributed by atoms with Crippen LogP contribution in [-0.4, -0.2) is 46.0 Å². The van der Waals surface area contributed by atoms with Gasteiger partial charge in [-0.25, -0.2) is 0 Å². The Bertz CT molecular complexity index is 613. The number of rotatable bonds is 24. The summed E-state index contributed by atoms with van der Waals surface area (Å²) in [6.07, 6.45) is 21.9. The third kappa shape index (κ3) is 19.9. The Morgan fingerprint density at radius 1 is 0.447 bits per heavy atom. The van der Waals surface area contributed by atoms with Crippen LogP contribution in [-0.2, 0) is 19.2 Å². The van der Waals surface area contributed by atoms with Crippen molar-refractivity contribution in [3.8, 4) is 0 Å². The molecule has 0 aromatic rings. The number of carbonyl (C=O) groups is 4. The van der Waals surface area contributed by atoms with Gasteiger partial charge in [0.2, 0.25) is 11.8 Å². The Balaban J connectivity index is 2.07. The van der Waals surface area contributed by atoms with Gasteiger partial charge in [-0.15, -0.1) is 0 Å². The second-order valence-corrected chi connectivity index (χ2v) is 11.1. The van der Waals surface area contributed by atoms with Gasteiger partial charge < -0.3 is 20.8 Å². The summed E-state index contributed by atoms with van der Waals surface area (Å²) in [5.41, 5.74) is 0. The molecule has 8 nitrogen and oxygen atoms in total. The van der Waals surface area contributed by atoms with Gasteiger partial charge in [0.1, 0.15) is 0 Å². The first-order chi connectivity index (χ1) is 18.4. The van der Waals surface area contributed by atoms with Crippen LogP contribution < -0.4 is 10.6 Å². The first-order valence-corrected chi connectivity index (χ1v) is 15.4. The quantitative estimate of drug-likeness (QED) is 0.104. The van der Waals surface area contributed by atoms with Gasteiger partial charge in [-0.1, -0.05) is 89.9 Å². The van der Waals surface area contributed by atoms with Gasteiger partial charge >= 0.3 is 11.9 Å². The molecule has 0 bridgehead atoms. The number of amides is 2. The number of unbranched alkanes of at least 4 members (excludes halogenated alkanes) is 14. The zero-order valence-electron chi connectivity index (χ0n) is 23.7. The number of carboxylic acid groups (broad SMARTS) is 2. The van der Waals surface area contributed by atoms with E-state index in [0.717, 1.165) is 128 Å².